The van der Waals surface area contributed by atoms with Crippen LogP contribution in [-0.4, -0.2) is 67.7 Å². The van der Waals surface area contributed by atoms with Crippen LogP contribution < -0.4 is 4.74 Å². The number of aryl methyl sites for hydroxylation is 1. The summed E-state index contributed by atoms with van der Waals surface area (Å²) in [6.45, 7) is 8.64. The maximum absolute atomic E-state index is 5.84. The topological polar surface area (TPSA) is 15.7 Å². The first-order chi connectivity index (χ1) is 9.75. The molecule has 0 aromatic heterocycles. The second-order valence-electron chi connectivity index (χ2n) is 5.37. The number of hydrogen-bond donors (Lipinski definition) is 0. The molecule has 0 amide bonds. The number of para-hydroxylation sites is 1. The lowest BCUT2D eigenvalue weighted by Crippen LogP contribution is -2.39. The third kappa shape index (κ3) is 5.35. The van der Waals surface area contributed by atoms with Crippen LogP contribution in [0.2, 0.25) is 0 Å². The lowest BCUT2D eigenvalue weighted by atomic mass is 10.2. The molecule has 1 heterocycles. The van der Waals surface area contributed by atoms with Crippen LogP contribution in [0.15, 0.2) is 24.3 Å². The monoisotopic (exact) mass is 294 g/mol. The van der Waals surface area contributed by atoms with Crippen molar-refractivity contribution in [2.45, 2.75) is 6.92 Å². The van der Waals surface area contributed by atoms with Gasteiger partial charge in [0.25, 0.3) is 0 Å². The normalized spacial score (nSPS) is 16.6. The molecule has 20 heavy (non-hydrogen) atoms. The minimum atomic E-state index is 0.761. The van der Waals surface area contributed by atoms with Gasteiger partial charge in [0.05, 0.1) is 0 Å². The Labute approximate surface area is 127 Å². The molecule has 0 N–H and O–H groups in total. The van der Waals surface area contributed by atoms with Crippen molar-refractivity contribution in [3.63, 3.8) is 0 Å². The summed E-state index contributed by atoms with van der Waals surface area (Å²) in [6.07, 6.45) is 0. The van der Waals surface area contributed by atoms with Gasteiger partial charge in [-0.2, -0.15) is 11.8 Å². The van der Waals surface area contributed by atoms with Gasteiger partial charge in [0.2, 0.25) is 0 Å². The van der Waals surface area contributed by atoms with E-state index in [9.17, 15) is 0 Å². The first-order valence-corrected chi connectivity index (χ1v) is 8.58. The van der Waals surface area contributed by atoms with Crippen molar-refractivity contribution < 1.29 is 4.74 Å². The highest BCUT2D eigenvalue weighted by Gasteiger charge is 2.10. The Hall–Kier alpha value is -0.710. The average molecular weight is 294 g/mol. The van der Waals surface area contributed by atoms with Crippen LogP contribution in [0.25, 0.3) is 0 Å². The molecule has 1 aromatic carbocycles. The van der Waals surface area contributed by atoms with Gasteiger partial charge in [-0.3, -0.25) is 0 Å². The van der Waals surface area contributed by atoms with E-state index in [-0.39, 0.29) is 0 Å². The summed E-state index contributed by atoms with van der Waals surface area (Å²) in [4.78, 5) is 4.93. The first kappa shape index (κ1) is 15.7. The predicted molar refractivity (Wildman–Crippen MR) is 87.9 cm³/mol. The van der Waals surface area contributed by atoms with E-state index < -0.39 is 0 Å². The number of nitrogens with zero attached hydrogens (tertiary/aromatic N) is 2. The molecule has 0 radical (unpaired) electrons. The molecule has 0 unspecified atom stereocenters. The second kappa shape index (κ2) is 8.55. The SMILES string of the molecule is Cc1ccccc1OCCN(C)CCN1CCSCC1. The highest BCUT2D eigenvalue weighted by atomic mass is 32.2. The summed E-state index contributed by atoms with van der Waals surface area (Å²) in [5.74, 6) is 3.59. The minimum Gasteiger partial charge on any atom is -0.492 e. The van der Waals surface area contributed by atoms with E-state index >= 15 is 0 Å². The lowest BCUT2D eigenvalue weighted by Gasteiger charge is -2.28. The Morgan fingerprint density at radius 3 is 2.70 bits per heavy atom. The highest BCUT2D eigenvalue weighted by Crippen LogP contribution is 2.15. The molecule has 1 aliphatic rings. The highest BCUT2D eigenvalue weighted by molar-refractivity contribution is 7.99. The van der Waals surface area contributed by atoms with Gasteiger partial charge in [-0.25, -0.2) is 0 Å². The summed E-state index contributed by atoms with van der Waals surface area (Å²) < 4.78 is 5.84. The second-order valence-corrected chi connectivity index (χ2v) is 6.60. The number of hydrogen-bond acceptors (Lipinski definition) is 4. The summed E-state index contributed by atoms with van der Waals surface area (Å²) >= 11 is 2.07. The van der Waals surface area contributed by atoms with Gasteiger partial charge in [0.1, 0.15) is 12.4 Å². The molecule has 1 aliphatic heterocycles. The molecule has 0 aliphatic carbocycles. The van der Waals surface area contributed by atoms with Crippen molar-refractivity contribution in [2.75, 3.05) is 57.9 Å². The molecule has 4 heteroatoms. The van der Waals surface area contributed by atoms with Gasteiger partial charge < -0.3 is 14.5 Å². The molecule has 112 valence electrons. The van der Waals surface area contributed by atoms with E-state index in [0.717, 1.165) is 25.4 Å². The molecule has 2 rings (SSSR count). The van der Waals surface area contributed by atoms with E-state index in [2.05, 4.69) is 41.6 Å². The van der Waals surface area contributed by atoms with Gasteiger partial charge in [0, 0.05) is 44.2 Å². The fourth-order valence-corrected chi connectivity index (χ4v) is 3.26. The van der Waals surface area contributed by atoms with Crippen LogP contribution in [-0.2, 0) is 0 Å². The fraction of sp³-hybridized carbons (Fsp3) is 0.625. The van der Waals surface area contributed by atoms with Crippen LogP contribution >= 0.6 is 11.8 Å². The maximum Gasteiger partial charge on any atom is 0.122 e. The molecular weight excluding hydrogens is 268 g/mol. The zero-order chi connectivity index (χ0) is 14.2. The standard InChI is InChI=1S/C16H26N2OS/c1-15-5-3-4-6-16(15)19-12-9-17(2)7-8-18-10-13-20-14-11-18/h3-6H,7-14H2,1-2H3. The Morgan fingerprint density at radius 2 is 1.95 bits per heavy atom. The Balaban J connectivity index is 1.60. The molecule has 0 saturated carbocycles. The Kier molecular flexibility index (Phi) is 6.70. The van der Waals surface area contributed by atoms with Crippen LogP contribution in [0, 0.1) is 6.92 Å². The fourth-order valence-electron chi connectivity index (χ4n) is 2.28. The quantitative estimate of drug-likeness (QED) is 0.767. The third-order valence-electron chi connectivity index (χ3n) is 3.73. The molecule has 1 saturated heterocycles. The molecule has 1 aromatic rings. The van der Waals surface area contributed by atoms with Crippen LogP contribution in [0.5, 0.6) is 5.75 Å². The van der Waals surface area contributed by atoms with Gasteiger partial charge in [-0.15, -0.1) is 0 Å². The van der Waals surface area contributed by atoms with E-state index in [4.69, 9.17) is 4.74 Å². The van der Waals surface area contributed by atoms with Crippen molar-refractivity contribution in [2.24, 2.45) is 0 Å². The number of rotatable bonds is 7. The van der Waals surface area contributed by atoms with E-state index in [1.807, 2.05) is 18.2 Å². The van der Waals surface area contributed by atoms with Gasteiger partial charge >= 0.3 is 0 Å². The molecule has 1 fully saturated rings. The minimum absolute atomic E-state index is 0.761. The van der Waals surface area contributed by atoms with E-state index in [1.54, 1.807) is 0 Å². The number of benzene rings is 1. The van der Waals surface area contributed by atoms with Crippen LogP contribution in [0.1, 0.15) is 5.56 Å². The Morgan fingerprint density at radius 1 is 1.20 bits per heavy atom. The smallest absolute Gasteiger partial charge is 0.122 e. The van der Waals surface area contributed by atoms with Gasteiger partial charge in [-0.1, -0.05) is 18.2 Å². The average Bonchev–Trinajstić information content (AvgIpc) is 2.48. The maximum atomic E-state index is 5.84. The lowest BCUT2D eigenvalue weighted by molar-refractivity contribution is 0.205. The van der Waals surface area contributed by atoms with Crippen molar-refractivity contribution in [3.8, 4) is 5.75 Å². The summed E-state index contributed by atoms with van der Waals surface area (Å²) in [6, 6.07) is 8.21. The molecule has 0 atom stereocenters. The predicted octanol–water partition coefficient (Wildman–Crippen LogP) is 2.35. The summed E-state index contributed by atoms with van der Waals surface area (Å²) in [5.41, 5.74) is 1.21. The first-order valence-electron chi connectivity index (χ1n) is 7.43. The molecule has 3 nitrogen and oxygen atoms in total. The van der Waals surface area contributed by atoms with E-state index in [0.29, 0.717) is 0 Å². The van der Waals surface area contributed by atoms with Crippen molar-refractivity contribution in [1.29, 1.82) is 0 Å². The largest absolute Gasteiger partial charge is 0.492 e. The zero-order valence-electron chi connectivity index (χ0n) is 12.7. The molecule has 0 spiro atoms. The summed E-state index contributed by atoms with van der Waals surface area (Å²) in [7, 11) is 2.18. The van der Waals surface area contributed by atoms with Crippen molar-refractivity contribution in [1.82, 2.24) is 9.80 Å². The summed E-state index contributed by atoms with van der Waals surface area (Å²) in [5, 5.41) is 0. The molecular formula is C16H26N2OS. The van der Waals surface area contributed by atoms with Gasteiger partial charge in [-0.05, 0) is 25.6 Å². The molecule has 0 bridgehead atoms. The number of ether oxygens (including phenoxy) is 1. The van der Waals surface area contributed by atoms with Crippen LogP contribution in [0.3, 0.4) is 0 Å². The van der Waals surface area contributed by atoms with Crippen LogP contribution in [0.4, 0.5) is 0 Å². The zero-order valence-corrected chi connectivity index (χ0v) is 13.5. The van der Waals surface area contributed by atoms with Crippen molar-refractivity contribution >= 4 is 11.8 Å². The number of likely N-dealkylation sites (N-methyl/N-ethyl adjacent to an activating group) is 1. The third-order valence-corrected chi connectivity index (χ3v) is 4.67. The number of thioether (sulfide) groups is 1. The Bertz CT molecular complexity index is 394. The van der Waals surface area contributed by atoms with Crippen molar-refractivity contribution in [3.05, 3.63) is 29.8 Å². The van der Waals surface area contributed by atoms with Gasteiger partial charge in [0.15, 0.2) is 0 Å². The van der Waals surface area contributed by atoms with E-state index in [1.165, 1.54) is 36.7 Å².